The van der Waals surface area contributed by atoms with Gasteiger partial charge in [0.15, 0.2) is 0 Å². The van der Waals surface area contributed by atoms with Crippen LogP contribution in [0.3, 0.4) is 0 Å². The molecule has 0 radical (unpaired) electrons. The number of hydrogen-bond acceptors (Lipinski definition) is 8. The molecular formula is C26H35Cl3N4O7S2. The summed E-state index contributed by atoms with van der Waals surface area (Å²) in [4.78, 5) is 17.4. The van der Waals surface area contributed by atoms with Crippen molar-refractivity contribution in [2.45, 2.75) is 86.2 Å². The average molecular weight is 686 g/mol. The number of carbonyl (C=O) groups excluding carboxylic acids is 1. The molecule has 1 amide bonds. The van der Waals surface area contributed by atoms with Gasteiger partial charge in [0.2, 0.25) is 13.8 Å². The maximum Gasteiger partial charge on any atom is 0.408 e. The van der Waals surface area contributed by atoms with Crippen LogP contribution in [0, 0.1) is 5.92 Å². The molecule has 1 heterocycles. The van der Waals surface area contributed by atoms with E-state index in [-0.39, 0.29) is 29.7 Å². The highest BCUT2D eigenvalue weighted by molar-refractivity contribution is 7.89. The van der Waals surface area contributed by atoms with Crippen LogP contribution < -0.4 is 14.8 Å². The van der Waals surface area contributed by atoms with Gasteiger partial charge in [-0.15, -0.1) is 0 Å². The van der Waals surface area contributed by atoms with Crippen molar-refractivity contribution in [3.05, 3.63) is 35.2 Å². The number of sulfonamides is 1. The Morgan fingerprint density at radius 3 is 2.31 bits per heavy atom. The van der Waals surface area contributed by atoms with Crippen molar-refractivity contribution >= 4 is 72.0 Å². The highest BCUT2D eigenvalue weighted by atomic mass is 35.6. The van der Waals surface area contributed by atoms with Crippen LogP contribution >= 0.6 is 34.8 Å². The number of ether oxygens (including phenoxy) is 1. The van der Waals surface area contributed by atoms with Crippen LogP contribution in [0.25, 0.3) is 10.8 Å². The van der Waals surface area contributed by atoms with Gasteiger partial charge in [0.1, 0.15) is 12.2 Å². The Kier molecular flexibility index (Phi) is 9.68. The Bertz CT molecular complexity index is 1570. The molecule has 1 aromatic carbocycles. The van der Waals surface area contributed by atoms with Crippen LogP contribution in [0.15, 0.2) is 23.2 Å². The lowest BCUT2D eigenvalue weighted by atomic mass is 9.99. The molecule has 1 saturated carbocycles. The molecule has 2 aliphatic rings. The van der Waals surface area contributed by atoms with Gasteiger partial charge in [-0.1, -0.05) is 48.7 Å². The molecule has 2 aromatic rings. The summed E-state index contributed by atoms with van der Waals surface area (Å²) in [6.07, 6.45) is 2.72. The molecule has 16 heteroatoms. The summed E-state index contributed by atoms with van der Waals surface area (Å²) in [6, 6.07) is 1.46. The maximum atomic E-state index is 13.6. The maximum absolute atomic E-state index is 13.6. The third kappa shape index (κ3) is 8.59. The van der Waals surface area contributed by atoms with Crippen molar-refractivity contribution in [2.75, 3.05) is 13.2 Å². The molecule has 0 bridgehead atoms. The first-order chi connectivity index (χ1) is 19.2. The van der Waals surface area contributed by atoms with Crippen LogP contribution in [-0.2, 0) is 29.2 Å². The summed E-state index contributed by atoms with van der Waals surface area (Å²) in [7, 11) is -8.47. The van der Waals surface area contributed by atoms with E-state index >= 15 is 0 Å². The second-order valence-corrected chi connectivity index (χ2v) is 17.6. The Labute approximate surface area is 261 Å². The van der Waals surface area contributed by atoms with Crippen LogP contribution in [-0.4, -0.2) is 50.5 Å². The number of nitrogens with zero attached hydrogens (tertiary/aromatic N) is 1. The van der Waals surface area contributed by atoms with E-state index in [2.05, 4.69) is 19.7 Å². The fourth-order valence-corrected chi connectivity index (χ4v) is 7.49. The van der Waals surface area contributed by atoms with Gasteiger partial charge in [0.05, 0.1) is 17.0 Å². The predicted octanol–water partition coefficient (Wildman–Crippen LogP) is 5.28. The number of rotatable bonds is 10. The molecule has 1 fully saturated rings. The third-order valence-electron chi connectivity index (χ3n) is 6.60. The number of halogens is 3. The van der Waals surface area contributed by atoms with Gasteiger partial charge < -0.3 is 10.1 Å². The van der Waals surface area contributed by atoms with E-state index < -0.39 is 54.5 Å². The molecule has 0 aliphatic heterocycles. The molecule has 2 aliphatic carbocycles. The number of carbonyl (C=O) groups is 1. The SMILES string of the molecule is CC(C)CNS(=O)(=O)c1cc2c(c3cnc(C4CC4)cc13)[C@H](NS(=O)(=O)OCC(Cl)(Cl)Cl)C[C@H]2NC(=O)OC(C)(C)C. The minimum absolute atomic E-state index is 0.00755. The van der Waals surface area contributed by atoms with Crippen molar-refractivity contribution in [2.24, 2.45) is 5.92 Å². The lowest BCUT2D eigenvalue weighted by Crippen LogP contribution is -2.35. The van der Waals surface area contributed by atoms with Gasteiger partial charge in [-0.3, -0.25) is 9.17 Å². The Morgan fingerprint density at radius 2 is 1.74 bits per heavy atom. The molecule has 4 rings (SSSR count). The van der Waals surface area contributed by atoms with E-state index in [4.69, 9.17) is 43.7 Å². The summed E-state index contributed by atoms with van der Waals surface area (Å²) in [5.41, 5.74) is 0.796. The molecular weight excluding hydrogens is 651 g/mol. The fraction of sp³-hybridized carbons (Fsp3) is 0.615. The molecule has 2 atom stereocenters. The first-order valence-electron chi connectivity index (χ1n) is 13.4. The zero-order valence-electron chi connectivity index (χ0n) is 23.8. The van der Waals surface area contributed by atoms with Crippen LogP contribution in [0.4, 0.5) is 4.79 Å². The van der Waals surface area contributed by atoms with Gasteiger partial charge in [0.25, 0.3) is 0 Å². The molecule has 0 saturated heterocycles. The van der Waals surface area contributed by atoms with Crippen LogP contribution in [0.2, 0.25) is 0 Å². The van der Waals surface area contributed by atoms with Gasteiger partial charge >= 0.3 is 16.4 Å². The lowest BCUT2D eigenvalue weighted by molar-refractivity contribution is 0.0502. The van der Waals surface area contributed by atoms with Gasteiger partial charge in [-0.2, -0.15) is 13.1 Å². The number of alkyl carbamates (subject to hydrolysis) is 1. The summed E-state index contributed by atoms with van der Waals surface area (Å²) in [5, 5.41) is 3.58. The van der Waals surface area contributed by atoms with E-state index in [0.717, 1.165) is 18.5 Å². The third-order valence-corrected chi connectivity index (χ3v) is 9.39. The van der Waals surface area contributed by atoms with Crippen LogP contribution in [0.5, 0.6) is 0 Å². The number of pyridine rings is 1. The Hall–Kier alpha value is -1.45. The second-order valence-electron chi connectivity index (χ2n) is 12.0. The standard InChI is InChI=1S/C26H35Cl3N4O7S2/c1-14(2)11-31-41(35,36)22-9-17-20(32-24(34)40-25(3,4)5)10-21(33-42(37,38)39-13-26(27,28)29)23(17)18-12-30-19(8-16(18)22)15-6-7-15/h8-9,12,14-15,20-21,31,33H,6-7,10-11,13H2,1-5H3,(H,32,34)/t20-,21-/m1/s1. The number of alkyl halides is 3. The van der Waals surface area contributed by atoms with E-state index in [1.807, 2.05) is 13.8 Å². The molecule has 42 heavy (non-hydrogen) atoms. The zero-order valence-corrected chi connectivity index (χ0v) is 27.7. The van der Waals surface area contributed by atoms with Crippen molar-refractivity contribution < 1.29 is 30.6 Å². The van der Waals surface area contributed by atoms with Gasteiger partial charge in [-0.25, -0.2) is 17.9 Å². The predicted molar refractivity (Wildman–Crippen MR) is 162 cm³/mol. The monoisotopic (exact) mass is 684 g/mol. The minimum Gasteiger partial charge on any atom is -0.444 e. The summed E-state index contributed by atoms with van der Waals surface area (Å²) in [5.74, 6) is 0.283. The Morgan fingerprint density at radius 1 is 1.07 bits per heavy atom. The number of amides is 1. The highest BCUT2D eigenvalue weighted by Crippen LogP contribution is 2.47. The highest BCUT2D eigenvalue weighted by Gasteiger charge is 2.40. The second kappa shape index (κ2) is 12.2. The largest absolute Gasteiger partial charge is 0.444 e. The topological polar surface area (TPSA) is 153 Å². The van der Waals surface area contributed by atoms with E-state index in [0.29, 0.717) is 21.9 Å². The number of aromatic nitrogens is 1. The molecule has 234 valence electrons. The summed E-state index contributed by atoms with van der Waals surface area (Å²) in [6.45, 7) is 8.37. The first-order valence-corrected chi connectivity index (χ1v) is 17.5. The minimum atomic E-state index is -4.46. The van der Waals surface area contributed by atoms with E-state index in [9.17, 15) is 21.6 Å². The number of hydrogen-bond donors (Lipinski definition) is 3. The lowest BCUT2D eigenvalue weighted by Gasteiger charge is -2.22. The number of benzene rings is 1. The molecule has 1 aromatic heterocycles. The number of fused-ring (bicyclic) bond motifs is 3. The van der Waals surface area contributed by atoms with Crippen molar-refractivity contribution in [3.8, 4) is 0 Å². The van der Waals surface area contributed by atoms with Crippen LogP contribution in [0.1, 0.15) is 88.7 Å². The molecule has 0 unspecified atom stereocenters. The van der Waals surface area contributed by atoms with Crippen molar-refractivity contribution in [1.82, 2.24) is 19.7 Å². The smallest absolute Gasteiger partial charge is 0.408 e. The van der Waals surface area contributed by atoms with Crippen molar-refractivity contribution in [1.29, 1.82) is 0 Å². The zero-order chi connectivity index (χ0) is 31.3. The molecule has 11 nitrogen and oxygen atoms in total. The van der Waals surface area contributed by atoms with E-state index in [1.165, 1.54) is 6.07 Å². The average Bonchev–Trinajstić information content (AvgIpc) is 3.63. The summed E-state index contributed by atoms with van der Waals surface area (Å²) >= 11 is 17.0. The van der Waals surface area contributed by atoms with E-state index in [1.54, 1.807) is 33.0 Å². The van der Waals surface area contributed by atoms with Gasteiger partial charge in [-0.05, 0) is 69.2 Å². The number of nitrogens with one attached hydrogen (secondary N) is 3. The molecule has 3 N–H and O–H groups in total. The Balaban J connectivity index is 1.86. The fourth-order valence-electron chi connectivity index (χ4n) is 4.72. The summed E-state index contributed by atoms with van der Waals surface area (Å²) < 4.78 is 66.5. The molecule has 0 spiro atoms. The normalized spacial score (nSPS) is 19.7. The first kappa shape index (κ1) is 33.4. The van der Waals surface area contributed by atoms with Gasteiger partial charge in [0, 0.05) is 35.1 Å². The van der Waals surface area contributed by atoms with Crippen molar-refractivity contribution in [3.63, 3.8) is 0 Å². The quantitative estimate of drug-likeness (QED) is 0.286.